The van der Waals surface area contributed by atoms with Crippen LogP contribution in [-0.2, 0) is 23.1 Å². The Kier molecular flexibility index (Phi) is 3.43. The number of nitrogens with zero attached hydrogens (tertiary/aromatic N) is 3. The molecule has 25 heavy (non-hydrogen) atoms. The van der Waals surface area contributed by atoms with E-state index in [1.807, 2.05) is 6.33 Å². The third kappa shape index (κ3) is 2.57. The number of aryl methyl sites for hydroxylation is 1. The van der Waals surface area contributed by atoms with Crippen molar-refractivity contribution in [3.63, 3.8) is 0 Å². The van der Waals surface area contributed by atoms with E-state index in [2.05, 4.69) is 44.3 Å². The molecule has 0 aliphatic heterocycles. The highest BCUT2D eigenvalue weighted by atomic mass is 16.2. The highest BCUT2D eigenvalue weighted by molar-refractivity contribution is 5.84. The molecule has 1 aromatic heterocycles. The Balaban J connectivity index is 1.21. The van der Waals surface area contributed by atoms with Gasteiger partial charge in [0.05, 0.1) is 0 Å². The molecule has 2 fully saturated rings. The van der Waals surface area contributed by atoms with Crippen molar-refractivity contribution in [1.82, 2.24) is 20.1 Å². The number of benzene rings is 1. The smallest absolute Gasteiger partial charge is 0.224 e. The van der Waals surface area contributed by atoms with E-state index in [-0.39, 0.29) is 17.2 Å². The zero-order valence-corrected chi connectivity index (χ0v) is 14.4. The summed E-state index contributed by atoms with van der Waals surface area (Å²) >= 11 is 0. The highest BCUT2D eigenvalue weighted by Crippen LogP contribution is 2.60. The fraction of sp³-hybridized carbons (Fsp3) is 0.550. The number of nitrogens with one attached hydrogen (secondary N) is 1. The third-order valence-electron chi connectivity index (χ3n) is 6.25. The molecule has 3 aliphatic carbocycles. The Labute approximate surface area is 147 Å². The summed E-state index contributed by atoms with van der Waals surface area (Å²) in [5.41, 5.74) is 2.99. The van der Waals surface area contributed by atoms with Gasteiger partial charge in [0.25, 0.3) is 0 Å². The first-order valence-electron chi connectivity index (χ1n) is 9.52. The van der Waals surface area contributed by atoms with E-state index in [0.717, 1.165) is 31.5 Å². The molecule has 1 aromatic carbocycles. The van der Waals surface area contributed by atoms with Crippen LogP contribution in [0, 0.1) is 5.92 Å². The van der Waals surface area contributed by atoms with Crippen LogP contribution in [0.4, 0.5) is 0 Å². The third-order valence-corrected chi connectivity index (χ3v) is 6.25. The number of rotatable bonds is 5. The summed E-state index contributed by atoms with van der Waals surface area (Å²) < 4.78 is 2.17. The molecule has 5 rings (SSSR count). The van der Waals surface area contributed by atoms with Gasteiger partial charge in [-0.2, -0.15) is 0 Å². The fourth-order valence-corrected chi connectivity index (χ4v) is 4.70. The number of carbonyl (C=O) groups excluding carboxylic acids is 1. The first-order chi connectivity index (χ1) is 12.3. The Morgan fingerprint density at radius 1 is 1.32 bits per heavy atom. The average molecular weight is 336 g/mol. The van der Waals surface area contributed by atoms with Crippen molar-refractivity contribution in [3.8, 4) is 0 Å². The second-order valence-corrected chi connectivity index (χ2v) is 7.85. The van der Waals surface area contributed by atoms with E-state index in [0.29, 0.717) is 12.6 Å². The second kappa shape index (κ2) is 5.68. The van der Waals surface area contributed by atoms with Crippen molar-refractivity contribution in [2.75, 3.05) is 6.54 Å². The molecule has 2 atom stereocenters. The molecule has 5 nitrogen and oxygen atoms in total. The van der Waals surface area contributed by atoms with E-state index < -0.39 is 0 Å². The predicted molar refractivity (Wildman–Crippen MR) is 94.2 cm³/mol. The van der Waals surface area contributed by atoms with Gasteiger partial charge in [-0.15, -0.1) is 10.2 Å². The lowest BCUT2D eigenvalue weighted by Crippen LogP contribution is -2.31. The van der Waals surface area contributed by atoms with Crippen LogP contribution in [-0.4, -0.2) is 27.2 Å². The molecule has 5 heteroatoms. The lowest BCUT2D eigenvalue weighted by molar-refractivity contribution is -0.122. The fourth-order valence-electron chi connectivity index (χ4n) is 4.70. The van der Waals surface area contributed by atoms with Crippen molar-refractivity contribution in [2.45, 2.75) is 56.4 Å². The minimum Gasteiger partial charge on any atom is -0.355 e. The highest BCUT2D eigenvalue weighted by Gasteiger charge is 2.59. The van der Waals surface area contributed by atoms with Gasteiger partial charge in [-0.3, -0.25) is 4.79 Å². The first kappa shape index (κ1) is 15.1. The monoisotopic (exact) mass is 336 g/mol. The molecule has 1 N–H and O–H groups in total. The van der Waals surface area contributed by atoms with Crippen LogP contribution < -0.4 is 5.32 Å². The van der Waals surface area contributed by atoms with Crippen LogP contribution in [0.25, 0.3) is 0 Å². The van der Waals surface area contributed by atoms with Gasteiger partial charge < -0.3 is 9.88 Å². The van der Waals surface area contributed by atoms with Crippen LogP contribution >= 0.6 is 0 Å². The molecule has 3 aliphatic rings. The van der Waals surface area contributed by atoms with Gasteiger partial charge >= 0.3 is 0 Å². The maximum Gasteiger partial charge on any atom is 0.224 e. The SMILES string of the molecule is O=C(NCCc1nncn1C1CC1)[C@H]1C[C@]12CCCc1ccccc12. The summed E-state index contributed by atoms with van der Waals surface area (Å²) in [5.74, 6) is 1.36. The molecule has 0 bridgehead atoms. The molecule has 0 unspecified atom stereocenters. The zero-order valence-electron chi connectivity index (χ0n) is 14.4. The van der Waals surface area contributed by atoms with Gasteiger partial charge in [-0.1, -0.05) is 24.3 Å². The number of carbonyl (C=O) groups is 1. The standard InChI is InChI=1S/C20H24N4O/c25-19(21-11-9-18-23-22-13-24(18)15-7-8-15)17-12-20(17)10-3-5-14-4-1-2-6-16(14)20/h1-2,4,6,13,15,17H,3,5,7-12H2,(H,21,25)/t17-,20+/m1/s1. The number of fused-ring (bicyclic) bond motifs is 2. The van der Waals surface area contributed by atoms with E-state index in [1.165, 1.54) is 30.4 Å². The van der Waals surface area contributed by atoms with Gasteiger partial charge in [0.2, 0.25) is 5.91 Å². The van der Waals surface area contributed by atoms with Crippen molar-refractivity contribution in [3.05, 3.63) is 47.5 Å². The van der Waals surface area contributed by atoms with E-state index >= 15 is 0 Å². The van der Waals surface area contributed by atoms with Crippen LogP contribution in [0.3, 0.4) is 0 Å². The van der Waals surface area contributed by atoms with Crippen LogP contribution in [0.1, 0.15) is 55.1 Å². The zero-order chi connectivity index (χ0) is 16.9. The molecule has 0 radical (unpaired) electrons. The molecule has 1 spiro atoms. The van der Waals surface area contributed by atoms with Crippen LogP contribution in [0.5, 0.6) is 0 Å². The largest absolute Gasteiger partial charge is 0.355 e. The molecule has 0 saturated heterocycles. The molecular weight excluding hydrogens is 312 g/mol. The van der Waals surface area contributed by atoms with Crippen LogP contribution in [0.15, 0.2) is 30.6 Å². The molecule has 130 valence electrons. The van der Waals surface area contributed by atoms with E-state index in [4.69, 9.17) is 0 Å². The summed E-state index contributed by atoms with van der Waals surface area (Å²) in [6.45, 7) is 0.651. The Morgan fingerprint density at radius 2 is 2.20 bits per heavy atom. The Bertz CT molecular complexity index is 810. The number of aromatic nitrogens is 3. The minimum absolute atomic E-state index is 0.118. The van der Waals surface area contributed by atoms with Crippen molar-refractivity contribution in [2.24, 2.45) is 5.92 Å². The first-order valence-corrected chi connectivity index (χ1v) is 9.52. The Morgan fingerprint density at radius 3 is 3.08 bits per heavy atom. The maximum absolute atomic E-state index is 12.7. The Hall–Kier alpha value is -2.17. The van der Waals surface area contributed by atoms with Crippen molar-refractivity contribution >= 4 is 5.91 Å². The summed E-state index contributed by atoms with van der Waals surface area (Å²) in [7, 11) is 0. The summed E-state index contributed by atoms with van der Waals surface area (Å²) in [4.78, 5) is 12.7. The lowest BCUT2D eigenvalue weighted by Gasteiger charge is -2.26. The number of hydrogen-bond donors (Lipinski definition) is 1. The quantitative estimate of drug-likeness (QED) is 0.913. The molecule has 1 amide bonds. The van der Waals surface area contributed by atoms with Crippen molar-refractivity contribution < 1.29 is 4.79 Å². The second-order valence-electron chi connectivity index (χ2n) is 7.85. The molecule has 1 heterocycles. The topological polar surface area (TPSA) is 59.8 Å². The van der Waals surface area contributed by atoms with Crippen LogP contribution in [0.2, 0.25) is 0 Å². The van der Waals surface area contributed by atoms with E-state index in [1.54, 1.807) is 0 Å². The summed E-state index contributed by atoms with van der Waals surface area (Å²) in [5, 5.41) is 11.4. The van der Waals surface area contributed by atoms with E-state index in [9.17, 15) is 4.79 Å². The predicted octanol–water partition coefficient (Wildman–Crippen LogP) is 2.57. The lowest BCUT2D eigenvalue weighted by atomic mass is 9.78. The van der Waals surface area contributed by atoms with Gasteiger partial charge in [0.1, 0.15) is 12.2 Å². The number of amides is 1. The van der Waals surface area contributed by atoms with Gasteiger partial charge in [-0.25, -0.2) is 0 Å². The summed E-state index contributed by atoms with van der Waals surface area (Å²) in [6.07, 6.45) is 9.55. The normalized spacial score (nSPS) is 27.1. The van der Waals surface area contributed by atoms with Gasteiger partial charge in [-0.05, 0) is 49.7 Å². The number of hydrogen-bond acceptors (Lipinski definition) is 3. The maximum atomic E-state index is 12.7. The minimum atomic E-state index is 0.118. The van der Waals surface area contributed by atoms with Gasteiger partial charge in [0.15, 0.2) is 0 Å². The van der Waals surface area contributed by atoms with Gasteiger partial charge in [0, 0.05) is 30.3 Å². The molecule has 2 saturated carbocycles. The average Bonchev–Trinajstić information content (AvgIpc) is 3.55. The van der Waals surface area contributed by atoms with Crippen molar-refractivity contribution in [1.29, 1.82) is 0 Å². The molecular formula is C20H24N4O. The molecule has 2 aromatic rings. The summed E-state index contributed by atoms with van der Waals surface area (Å²) in [6, 6.07) is 9.29.